The number of nitrogens with two attached hydrogens (primary N) is 1. The second-order valence-electron chi connectivity index (χ2n) is 3.89. The van der Waals surface area contributed by atoms with Crippen LogP contribution >= 0.6 is 0 Å². The summed E-state index contributed by atoms with van der Waals surface area (Å²) in [5, 5.41) is 3.91. The topological polar surface area (TPSA) is 77.0 Å². The minimum atomic E-state index is 0.306. The van der Waals surface area contributed by atoms with Crippen LogP contribution in [0.5, 0.6) is 0 Å². The van der Waals surface area contributed by atoms with Crippen LogP contribution in [0.3, 0.4) is 0 Å². The molecule has 1 fully saturated rings. The van der Waals surface area contributed by atoms with Crippen LogP contribution in [0, 0.1) is 5.92 Å². The third-order valence-corrected chi connectivity index (χ3v) is 3.05. The predicted molar refractivity (Wildman–Crippen MR) is 52.5 cm³/mol. The molecular weight excluding hydrogens is 180 g/mol. The van der Waals surface area contributed by atoms with E-state index in [-0.39, 0.29) is 0 Å². The van der Waals surface area contributed by atoms with Gasteiger partial charge >= 0.3 is 6.01 Å². The van der Waals surface area contributed by atoms with Crippen LogP contribution in [0.4, 0.5) is 6.01 Å². The highest BCUT2D eigenvalue weighted by atomic mass is 16.5. The lowest BCUT2D eigenvalue weighted by atomic mass is 10.0. The number of rotatable bonds is 3. The summed E-state index contributed by atoms with van der Waals surface area (Å²) in [7, 11) is 0. The Bertz CT molecular complexity index is 299. The van der Waals surface area contributed by atoms with Gasteiger partial charge in [0.25, 0.3) is 0 Å². The van der Waals surface area contributed by atoms with E-state index in [2.05, 4.69) is 22.5 Å². The van der Waals surface area contributed by atoms with Crippen molar-refractivity contribution in [3.05, 3.63) is 5.82 Å². The van der Waals surface area contributed by atoms with Crippen molar-refractivity contribution in [2.75, 3.05) is 5.43 Å². The summed E-state index contributed by atoms with van der Waals surface area (Å²) in [5.41, 5.74) is 2.36. The van der Waals surface area contributed by atoms with Crippen LogP contribution in [-0.2, 0) is 0 Å². The first-order valence-corrected chi connectivity index (χ1v) is 5.13. The highest BCUT2D eigenvalue weighted by molar-refractivity contribution is 5.16. The molecule has 2 rings (SSSR count). The van der Waals surface area contributed by atoms with Crippen LogP contribution in [0.1, 0.15) is 44.3 Å². The normalized spacial score (nSPS) is 26.7. The molecule has 1 aliphatic rings. The van der Waals surface area contributed by atoms with Crippen molar-refractivity contribution in [1.29, 1.82) is 0 Å². The lowest BCUT2D eigenvalue weighted by Crippen LogP contribution is -2.07. The Balaban J connectivity index is 2.02. The van der Waals surface area contributed by atoms with E-state index in [0.29, 0.717) is 11.9 Å². The average Bonchev–Trinajstić information content (AvgIpc) is 2.86. The Kier molecular flexibility index (Phi) is 2.67. The molecule has 0 spiro atoms. The molecule has 5 heteroatoms. The molecular formula is C9H16N4O. The molecule has 1 aliphatic carbocycles. The maximum Gasteiger partial charge on any atom is 0.335 e. The molecule has 1 saturated carbocycles. The molecule has 0 aromatic carbocycles. The highest BCUT2D eigenvalue weighted by Crippen LogP contribution is 2.38. The van der Waals surface area contributed by atoms with Crippen molar-refractivity contribution >= 4 is 6.01 Å². The van der Waals surface area contributed by atoms with Gasteiger partial charge in [0.2, 0.25) is 0 Å². The van der Waals surface area contributed by atoms with Gasteiger partial charge < -0.3 is 4.52 Å². The van der Waals surface area contributed by atoms with Crippen molar-refractivity contribution in [2.24, 2.45) is 11.8 Å². The summed E-state index contributed by atoms with van der Waals surface area (Å²) < 4.78 is 4.90. The lowest BCUT2D eigenvalue weighted by molar-refractivity contribution is 0.414. The molecule has 78 valence electrons. The molecule has 1 heterocycles. The molecule has 14 heavy (non-hydrogen) atoms. The second-order valence-corrected chi connectivity index (χ2v) is 3.89. The lowest BCUT2D eigenvalue weighted by Gasteiger charge is -2.04. The zero-order chi connectivity index (χ0) is 9.97. The fourth-order valence-corrected chi connectivity index (χ4v) is 2.14. The van der Waals surface area contributed by atoms with Crippen molar-refractivity contribution < 1.29 is 4.52 Å². The van der Waals surface area contributed by atoms with Crippen molar-refractivity contribution in [1.82, 2.24) is 10.1 Å². The molecule has 1 aromatic rings. The van der Waals surface area contributed by atoms with Gasteiger partial charge in [-0.2, -0.15) is 4.98 Å². The van der Waals surface area contributed by atoms with Gasteiger partial charge in [-0.1, -0.05) is 18.5 Å². The van der Waals surface area contributed by atoms with Gasteiger partial charge in [0, 0.05) is 5.92 Å². The third kappa shape index (κ3) is 1.72. The van der Waals surface area contributed by atoms with Gasteiger partial charge in [-0.15, -0.1) is 0 Å². The van der Waals surface area contributed by atoms with E-state index in [9.17, 15) is 0 Å². The van der Waals surface area contributed by atoms with Crippen LogP contribution in [0.25, 0.3) is 0 Å². The van der Waals surface area contributed by atoms with Gasteiger partial charge in [-0.25, -0.2) is 5.84 Å². The number of hydrogen-bond acceptors (Lipinski definition) is 5. The molecule has 0 bridgehead atoms. The summed E-state index contributed by atoms with van der Waals surface area (Å²) in [4.78, 5) is 4.17. The van der Waals surface area contributed by atoms with E-state index in [1.807, 2.05) is 0 Å². The Morgan fingerprint density at radius 3 is 3.00 bits per heavy atom. The minimum absolute atomic E-state index is 0.306. The molecule has 1 aromatic heterocycles. The number of hydrogen-bond donors (Lipinski definition) is 2. The largest absolute Gasteiger partial charge is 0.335 e. The average molecular weight is 196 g/mol. The zero-order valence-electron chi connectivity index (χ0n) is 8.36. The number of aromatic nitrogens is 2. The number of hydrazine groups is 1. The molecule has 0 radical (unpaired) electrons. The fourth-order valence-electron chi connectivity index (χ4n) is 2.14. The molecule has 0 saturated heterocycles. The zero-order valence-corrected chi connectivity index (χ0v) is 8.36. The first kappa shape index (κ1) is 9.45. The number of nitrogen functional groups attached to an aromatic ring is 1. The Morgan fingerprint density at radius 2 is 2.43 bits per heavy atom. The van der Waals surface area contributed by atoms with Gasteiger partial charge in [0.15, 0.2) is 5.82 Å². The quantitative estimate of drug-likeness (QED) is 0.567. The summed E-state index contributed by atoms with van der Waals surface area (Å²) >= 11 is 0. The van der Waals surface area contributed by atoms with Crippen molar-refractivity contribution in [3.8, 4) is 0 Å². The van der Waals surface area contributed by atoms with E-state index >= 15 is 0 Å². The van der Waals surface area contributed by atoms with E-state index in [4.69, 9.17) is 10.4 Å². The first-order valence-electron chi connectivity index (χ1n) is 5.13. The maximum absolute atomic E-state index is 5.17. The summed E-state index contributed by atoms with van der Waals surface area (Å²) in [6.45, 7) is 2.23. The third-order valence-electron chi connectivity index (χ3n) is 3.05. The van der Waals surface area contributed by atoms with Crippen LogP contribution in [0.2, 0.25) is 0 Å². The smallest absolute Gasteiger partial charge is 0.314 e. The van der Waals surface area contributed by atoms with Gasteiger partial charge in [0.1, 0.15) is 0 Å². The molecule has 0 aliphatic heterocycles. The second kappa shape index (κ2) is 3.96. The van der Waals surface area contributed by atoms with Gasteiger partial charge in [-0.05, 0) is 25.2 Å². The fraction of sp³-hybridized carbons (Fsp3) is 0.778. The van der Waals surface area contributed by atoms with E-state index in [1.165, 1.54) is 25.7 Å². The first-order chi connectivity index (χ1) is 6.83. The monoisotopic (exact) mass is 196 g/mol. The number of nitrogens with one attached hydrogen (secondary N) is 1. The van der Waals surface area contributed by atoms with Gasteiger partial charge in [-0.3, -0.25) is 5.43 Å². The molecule has 5 nitrogen and oxygen atoms in total. The number of nitrogens with zero attached hydrogens (tertiary/aromatic N) is 2. The predicted octanol–water partition coefficient (Wildman–Crippen LogP) is 1.65. The van der Waals surface area contributed by atoms with E-state index in [1.54, 1.807) is 0 Å². The molecule has 2 unspecified atom stereocenters. The Morgan fingerprint density at radius 1 is 1.57 bits per heavy atom. The minimum Gasteiger partial charge on any atom is -0.314 e. The van der Waals surface area contributed by atoms with Gasteiger partial charge in [0.05, 0.1) is 0 Å². The summed E-state index contributed by atoms with van der Waals surface area (Å²) in [6, 6.07) is 0.306. The van der Waals surface area contributed by atoms with E-state index < -0.39 is 0 Å². The Labute approximate surface area is 83.0 Å². The van der Waals surface area contributed by atoms with Crippen LogP contribution in [-0.4, -0.2) is 10.1 Å². The standard InChI is InChI=1S/C9H16N4O/c1-2-6-3-4-7(5-6)8-11-9(12-10)14-13-8/h6-7H,2-5,10H2,1H3,(H,11,12,13). The molecule has 3 N–H and O–H groups in total. The number of anilines is 1. The molecule has 2 atom stereocenters. The van der Waals surface area contributed by atoms with Crippen LogP contribution in [0.15, 0.2) is 4.52 Å². The Hall–Kier alpha value is -1.10. The SMILES string of the molecule is CCC1CCC(c2noc(NN)n2)C1. The maximum atomic E-state index is 5.17. The van der Waals surface area contributed by atoms with Crippen LogP contribution < -0.4 is 11.3 Å². The highest BCUT2D eigenvalue weighted by Gasteiger charge is 2.28. The molecule has 0 amide bonds. The van der Waals surface area contributed by atoms with E-state index in [0.717, 1.165) is 11.7 Å². The summed E-state index contributed by atoms with van der Waals surface area (Å²) in [6.07, 6.45) is 4.87. The van der Waals surface area contributed by atoms with Crippen molar-refractivity contribution in [2.45, 2.75) is 38.5 Å². The summed E-state index contributed by atoms with van der Waals surface area (Å²) in [5.74, 6) is 7.26. The van der Waals surface area contributed by atoms with Crippen molar-refractivity contribution in [3.63, 3.8) is 0 Å².